The van der Waals surface area contributed by atoms with E-state index in [2.05, 4.69) is 4.98 Å². The van der Waals surface area contributed by atoms with E-state index in [1.807, 2.05) is 6.07 Å². The van der Waals surface area contributed by atoms with Gasteiger partial charge in [-0.3, -0.25) is 4.98 Å². The summed E-state index contributed by atoms with van der Waals surface area (Å²) >= 11 is 0. The topological polar surface area (TPSA) is 53.4 Å². The fraction of sp³-hybridized carbons (Fsp3) is 0.100. The van der Waals surface area contributed by atoms with Crippen LogP contribution in [-0.4, -0.2) is 15.2 Å². The Balaban J connectivity index is 2.94. The number of benzene rings is 1. The molecule has 0 spiro atoms. The van der Waals surface area contributed by atoms with Crippen molar-refractivity contribution in [1.82, 2.24) is 4.98 Å². The summed E-state index contributed by atoms with van der Waals surface area (Å²) in [4.78, 5) is 4.07. The normalized spacial score (nSPS) is 10.5. The van der Waals surface area contributed by atoms with E-state index in [1.165, 1.54) is 6.07 Å². The summed E-state index contributed by atoms with van der Waals surface area (Å²) in [5.74, 6) is -0.191. The molecule has 3 nitrogen and oxygen atoms in total. The van der Waals surface area contributed by atoms with E-state index in [1.54, 1.807) is 19.2 Å². The Labute approximate surface area is 75.3 Å². The molecule has 0 saturated heterocycles. The van der Waals surface area contributed by atoms with Crippen LogP contribution in [0.1, 0.15) is 5.56 Å². The Hall–Kier alpha value is -1.77. The number of phenolic OH excluding ortho intramolecular Hbond substituents is 2. The van der Waals surface area contributed by atoms with E-state index in [4.69, 9.17) is 0 Å². The summed E-state index contributed by atoms with van der Waals surface area (Å²) in [6.07, 6.45) is 1.65. The first kappa shape index (κ1) is 7.86. The number of pyridine rings is 1. The summed E-state index contributed by atoms with van der Waals surface area (Å²) in [7, 11) is 0. The molecule has 66 valence electrons. The lowest BCUT2D eigenvalue weighted by Crippen LogP contribution is -1.83. The monoisotopic (exact) mass is 175 g/mol. The molecule has 1 aromatic heterocycles. The minimum absolute atomic E-state index is 0.0690. The number of phenols is 2. The SMILES string of the molecule is Cc1c(O)c(O)cc2ncccc12. The van der Waals surface area contributed by atoms with Crippen LogP contribution in [0.4, 0.5) is 0 Å². The molecular formula is C10H9NO2. The molecule has 0 radical (unpaired) electrons. The fourth-order valence-electron chi connectivity index (χ4n) is 1.37. The third kappa shape index (κ3) is 1.09. The molecule has 13 heavy (non-hydrogen) atoms. The van der Waals surface area contributed by atoms with Gasteiger partial charge in [0.1, 0.15) is 0 Å². The second-order valence-electron chi connectivity index (χ2n) is 2.94. The van der Waals surface area contributed by atoms with Crippen LogP contribution >= 0.6 is 0 Å². The van der Waals surface area contributed by atoms with Crippen molar-refractivity contribution < 1.29 is 10.2 Å². The maximum absolute atomic E-state index is 9.43. The number of rotatable bonds is 0. The smallest absolute Gasteiger partial charge is 0.161 e. The van der Waals surface area contributed by atoms with Gasteiger partial charge in [-0.25, -0.2) is 0 Å². The summed E-state index contributed by atoms with van der Waals surface area (Å²) in [5.41, 5.74) is 1.35. The molecule has 0 aliphatic rings. The third-order valence-corrected chi connectivity index (χ3v) is 2.11. The van der Waals surface area contributed by atoms with Gasteiger partial charge in [0, 0.05) is 23.2 Å². The van der Waals surface area contributed by atoms with Crippen LogP contribution < -0.4 is 0 Å². The molecule has 0 unspecified atom stereocenters. The van der Waals surface area contributed by atoms with Crippen molar-refractivity contribution in [3.63, 3.8) is 0 Å². The Morgan fingerprint density at radius 1 is 1.31 bits per heavy atom. The maximum atomic E-state index is 9.43. The number of aromatic nitrogens is 1. The first-order chi connectivity index (χ1) is 6.20. The number of hydrogen-bond donors (Lipinski definition) is 2. The van der Waals surface area contributed by atoms with E-state index < -0.39 is 0 Å². The highest BCUT2D eigenvalue weighted by molar-refractivity contribution is 5.86. The van der Waals surface area contributed by atoms with E-state index in [0.29, 0.717) is 11.1 Å². The molecule has 0 saturated carbocycles. The van der Waals surface area contributed by atoms with Crippen LogP contribution in [0.2, 0.25) is 0 Å². The number of aryl methyl sites for hydroxylation is 1. The van der Waals surface area contributed by atoms with Crippen LogP contribution in [0.25, 0.3) is 10.9 Å². The van der Waals surface area contributed by atoms with Gasteiger partial charge < -0.3 is 10.2 Å². The first-order valence-corrected chi connectivity index (χ1v) is 3.96. The minimum atomic E-state index is -0.122. The molecule has 0 atom stereocenters. The maximum Gasteiger partial charge on any atom is 0.161 e. The standard InChI is InChI=1S/C10H9NO2/c1-6-7-3-2-4-11-8(7)5-9(12)10(6)13/h2-5,12-13H,1H3. The average Bonchev–Trinajstić information content (AvgIpc) is 2.15. The van der Waals surface area contributed by atoms with E-state index in [9.17, 15) is 10.2 Å². The van der Waals surface area contributed by atoms with E-state index in [-0.39, 0.29) is 11.5 Å². The zero-order chi connectivity index (χ0) is 9.42. The predicted molar refractivity (Wildman–Crippen MR) is 49.8 cm³/mol. The summed E-state index contributed by atoms with van der Waals surface area (Å²) in [5, 5.41) is 19.6. The molecule has 2 N–H and O–H groups in total. The lowest BCUT2D eigenvalue weighted by atomic mass is 10.1. The number of fused-ring (bicyclic) bond motifs is 1. The zero-order valence-electron chi connectivity index (χ0n) is 7.15. The van der Waals surface area contributed by atoms with Gasteiger partial charge >= 0.3 is 0 Å². The van der Waals surface area contributed by atoms with Crippen molar-refractivity contribution in [1.29, 1.82) is 0 Å². The highest BCUT2D eigenvalue weighted by atomic mass is 16.3. The van der Waals surface area contributed by atoms with Gasteiger partial charge in [-0.1, -0.05) is 6.07 Å². The van der Waals surface area contributed by atoms with Crippen LogP contribution in [0.3, 0.4) is 0 Å². The van der Waals surface area contributed by atoms with Crippen molar-refractivity contribution in [2.24, 2.45) is 0 Å². The molecule has 0 aliphatic heterocycles. The summed E-state index contributed by atoms with van der Waals surface area (Å²) < 4.78 is 0. The molecule has 0 bridgehead atoms. The third-order valence-electron chi connectivity index (χ3n) is 2.11. The highest BCUT2D eigenvalue weighted by Crippen LogP contribution is 2.33. The molecule has 0 aliphatic carbocycles. The number of hydrogen-bond acceptors (Lipinski definition) is 3. The molecule has 3 heteroatoms. The van der Waals surface area contributed by atoms with Gasteiger partial charge in [0.05, 0.1) is 5.52 Å². The van der Waals surface area contributed by atoms with Crippen molar-refractivity contribution in [3.05, 3.63) is 30.0 Å². The Bertz CT molecular complexity index is 466. The molecular weight excluding hydrogens is 166 g/mol. The van der Waals surface area contributed by atoms with E-state index >= 15 is 0 Å². The van der Waals surface area contributed by atoms with Gasteiger partial charge in [0.15, 0.2) is 11.5 Å². The second kappa shape index (κ2) is 2.62. The van der Waals surface area contributed by atoms with Crippen molar-refractivity contribution in [2.45, 2.75) is 6.92 Å². The first-order valence-electron chi connectivity index (χ1n) is 3.96. The molecule has 2 aromatic rings. The fourth-order valence-corrected chi connectivity index (χ4v) is 1.37. The molecule has 1 aromatic carbocycles. The van der Waals surface area contributed by atoms with Crippen molar-refractivity contribution >= 4 is 10.9 Å². The van der Waals surface area contributed by atoms with Crippen molar-refractivity contribution in [3.8, 4) is 11.5 Å². The zero-order valence-corrected chi connectivity index (χ0v) is 7.15. The van der Waals surface area contributed by atoms with Gasteiger partial charge in [-0.2, -0.15) is 0 Å². The molecule has 0 amide bonds. The van der Waals surface area contributed by atoms with Crippen LogP contribution in [-0.2, 0) is 0 Å². The highest BCUT2D eigenvalue weighted by Gasteiger charge is 2.07. The van der Waals surface area contributed by atoms with Gasteiger partial charge in [-0.15, -0.1) is 0 Å². The molecule has 1 heterocycles. The molecule has 0 fully saturated rings. The minimum Gasteiger partial charge on any atom is -0.504 e. The number of aromatic hydroxyl groups is 2. The van der Waals surface area contributed by atoms with Crippen LogP contribution in [0.5, 0.6) is 11.5 Å². The lowest BCUT2D eigenvalue weighted by Gasteiger charge is -2.05. The van der Waals surface area contributed by atoms with Gasteiger partial charge in [0.2, 0.25) is 0 Å². The van der Waals surface area contributed by atoms with Crippen molar-refractivity contribution in [2.75, 3.05) is 0 Å². The number of nitrogens with zero attached hydrogens (tertiary/aromatic N) is 1. The average molecular weight is 175 g/mol. The van der Waals surface area contributed by atoms with Crippen LogP contribution in [0.15, 0.2) is 24.4 Å². The largest absolute Gasteiger partial charge is 0.504 e. The summed E-state index contributed by atoms with van der Waals surface area (Å²) in [6.45, 7) is 1.75. The molecule has 2 rings (SSSR count). The predicted octanol–water partition coefficient (Wildman–Crippen LogP) is 1.95. The van der Waals surface area contributed by atoms with Gasteiger partial charge in [-0.05, 0) is 13.0 Å². The van der Waals surface area contributed by atoms with E-state index in [0.717, 1.165) is 5.39 Å². The van der Waals surface area contributed by atoms with Gasteiger partial charge in [0.25, 0.3) is 0 Å². The lowest BCUT2D eigenvalue weighted by molar-refractivity contribution is 0.402. The quantitative estimate of drug-likeness (QED) is 0.602. The summed E-state index contributed by atoms with van der Waals surface area (Å²) in [6, 6.07) is 5.11. The Morgan fingerprint density at radius 2 is 2.08 bits per heavy atom. The van der Waals surface area contributed by atoms with Crippen LogP contribution in [0, 0.1) is 6.92 Å². The Kier molecular flexibility index (Phi) is 1.59. The Morgan fingerprint density at radius 3 is 2.85 bits per heavy atom. The second-order valence-corrected chi connectivity index (χ2v) is 2.94.